The Morgan fingerprint density at radius 3 is 2.84 bits per heavy atom. The fourth-order valence-corrected chi connectivity index (χ4v) is 2.64. The summed E-state index contributed by atoms with van der Waals surface area (Å²) >= 11 is 11.8. The molecule has 2 rings (SSSR count). The number of halogens is 2. The molecule has 2 atom stereocenters. The molecule has 19 heavy (non-hydrogen) atoms. The number of carbonyl (C=O) groups is 1. The number of nitrogens with one attached hydrogen (secondary N) is 1. The molecule has 0 bridgehead atoms. The van der Waals surface area contributed by atoms with E-state index in [0.29, 0.717) is 29.7 Å². The van der Waals surface area contributed by atoms with Crippen LogP contribution in [0.2, 0.25) is 10.0 Å². The van der Waals surface area contributed by atoms with E-state index in [1.54, 1.807) is 12.1 Å². The largest absolute Gasteiger partial charge is 0.379 e. The Kier molecular flexibility index (Phi) is 5.22. The summed E-state index contributed by atoms with van der Waals surface area (Å²) in [5.41, 5.74) is 0.890. The molecular weight excluding hydrogens is 285 g/mol. The third-order valence-electron chi connectivity index (χ3n) is 3.32. The van der Waals surface area contributed by atoms with Crippen LogP contribution in [0.5, 0.6) is 0 Å². The van der Waals surface area contributed by atoms with E-state index in [0.717, 1.165) is 12.1 Å². The third-order valence-corrected chi connectivity index (χ3v) is 4.06. The number of benzene rings is 1. The SMILES string of the molecule is CCNC1COCC1C(=O)Cc1ccc(Cl)c(Cl)c1. The summed E-state index contributed by atoms with van der Waals surface area (Å²) < 4.78 is 5.39. The van der Waals surface area contributed by atoms with Crippen LogP contribution in [0.25, 0.3) is 0 Å². The summed E-state index contributed by atoms with van der Waals surface area (Å²) in [6.07, 6.45) is 0.368. The van der Waals surface area contributed by atoms with Crippen molar-refractivity contribution >= 4 is 29.0 Å². The first-order valence-corrected chi connectivity index (χ1v) is 7.15. The van der Waals surface area contributed by atoms with Crippen LogP contribution in [0.3, 0.4) is 0 Å². The van der Waals surface area contributed by atoms with Gasteiger partial charge in [-0.3, -0.25) is 4.79 Å². The fourth-order valence-electron chi connectivity index (χ4n) is 2.32. The molecule has 3 nitrogen and oxygen atoms in total. The lowest BCUT2D eigenvalue weighted by molar-refractivity contribution is -0.122. The maximum atomic E-state index is 12.3. The van der Waals surface area contributed by atoms with Crippen LogP contribution in [-0.4, -0.2) is 31.6 Å². The minimum absolute atomic E-state index is 0.0746. The van der Waals surface area contributed by atoms with Gasteiger partial charge in [-0.2, -0.15) is 0 Å². The molecule has 1 saturated heterocycles. The van der Waals surface area contributed by atoms with Gasteiger partial charge in [0.15, 0.2) is 0 Å². The quantitative estimate of drug-likeness (QED) is 0.909. The van der Waals surface area contributed by atoms with Gasteiger partial charge in [-0.25, -0.2) is 0 Å². The Morgan fingerprint density at radius 2 is 2.16 bits per heavy atom. The molecule has 0 radical (unpaired) electrons. The van der Waals surface area contributed by atoms with Gasteiger partial charge in [0.2, 0.25) is 0 Å². The van der Waals surface area contributed by atoms with Crippen molar-refractivity contribution in [2.45, 2.75) is 19.4 Å². The van der Waals surface area contributed by atoms with E-state index in [4.69, 9.17) is 27.9 Å². The highest BCUT2D eigenvalue weighted by Crippen LogP contribution is 2.24. The number of hydrogen-bond acceptors (Lipinski definition) is 3. The van der Waals surface area contributed by atoms with E-state index in [1.807, 2.05) is 13.0 Å². The predicted octanol–water partition coefficient (Wildman–Crippen LogP) is 2.73. The Bertz CT molecular complexity index is 465. The Labute approximate surface area is 123 Å². The summed E-state index contributed by atoms with van der Waals surface area (Å²) in [6.45, 7) is 3.97. The van der Waals surface area contributed by atoms with Gasteiger partial charge >= 0.3 is 0 Å². The predicted molar refractivity (Wildman–Crippen MR) is 76.9 cm³/mol. The lowest BCUT2D eigenvalue weighted by atomic mass is 9.94. The van der Waals surface area contributed by atoms with Crippen molar-refractivity contribution in [1.29, 1.82) is 0 Å². The van der Waals surface area contributed by atoms with Gasteiger partial charge in [0, 0.05) is 12.5 Å². The van der Waals surface area contributed by atoms with Crippen LogP contribution in [0, 0.1) is 5.92 Å². The fraction of sp³-hybridized carbons (Fsp3) is 0.500. The molecule has 0 saturated carbocycles. The van der Waals surface area contributed by atoms with Crippen molar-refractivity contribution in [3.63, 3.8) is 0 Å². The molecule has 1 aromatic rings. The summed E-state index contributed by atoms with van der Waals surface area (Å²) in [7, 11) is 0. The number of Topliss-reactive ketones (excluding diaryl/α,β-unsaturated/α-hetero) is 1. The first-order chi connectivity index (χ1) is 9.11. The lowest BCUT2D eigenvalue weighted by Gasteiger charge is -2.17. The maximum absolute atomic E-state index is 12.3. The Hall–Kier alpha value is -0.610. The van der Waals surface area contributed by atoms with Crippen molar-refractivity contribution in [2.75, 3.05) is 19.8 Å². The van der Waals surface area contributed by atoms with Crippen LogP contribution < -0.4 is 5.32 Å². The number of likely N-dealkylation sites (N-methyl/N-ethyl adjacent to an activating group) is 1. The first kappa shape index (κ1) is 14.8. The Balaban J connectivity index is 2.02. The van der Waals surface area contributed by atoms with Gasteiger partial charge in [-0.05, 0) is 24.2 Å². The average Bonchev–Trinajstić information content (AvgIpc) is 2.83. The van der Waals surface area contributed by atoms with Crippen molar-refractivity contribution < 1.29 is 9.53 Å². The smallest absolute Gasteiger partial charge is 0.144 e. The highest BCUT2D eigenvalue weighted by atomic mass is 35.5. The molecule has 0 aromatic heterocycles. The summed E-state index contributed by atoms with van der Waals surface area (Å²) in [5.74, 6) is 0.108. The molecule has 0 spiro atoms. The molecule has 1 N–H and O–H groups in total. The zero-order chi connectivity index (χ0) is 13.8. The summed E-state index contributed by atoms with van der Waals surface area (Å²) in [6, 6.07) is 5.43. The van der Waals surface area contributed by atoms with Crippen LogP contribution >= 0.6 is 23.2 Å². The van der Waals surface area contributed by atoms with Crippen molar-refractivity contribution in [3.8, 4) is 0 Å². The second-order valence-electron chi connectivity index (χ2n) is 4.70. The van der Waals surface area contributed by atoms with Gasteiger partial charge in [-0.15, -0.1) is 0 Å². The zero-order valence-electron chi connectivity index (χ0n) is 10.8. The highest BCUT2D eigenvalue weighted by molar-refractivity contribution is 6.42. The second-order valence-corrected chi connectivity index (χ2v) is 5.51. The molecule has 1 fully saturated rings. The molecule has 104 valence electrons. The molecule has 2 unspecified atom stereocenters. The molecule has 1 aliphatic heterocycles. The van der Waals surface area contributed by atoms with Gasteiger partial charge in [0.05, 0.1) is 29.2 Å². The van der Waals surface area contributed by atoms with Crippen LogP contribution in [-0.2, 0) is 16.0 Å². The molecular formula is C14H17Cl2NO2. The van der Waals surface area contributed by atoms with Gasteiger partial charge < -0.3 is 10.1 Å². The topological polar surface area (TPSA) is 38.3 Å². The van der Waals surface area contributed by atoms with E-state index in [9.17, 15) is 4.79 Å². The molecule has 1 aromatic carbocycles. The number of rotatable bonds is 5. The number of carbonyl (C=O) groups excluding carboxylic acids is 1. The van der Waals surface area contributed by atoms with Crippen molar-refractivity contribution in [2.24, 2.45) is 5.92 Å². The molecule has 0 aliphatic carbocycles. The van der Waals surface area contributed by atoms with Crippen LogP contribution in [0.1, 0.15) is 12.5 Å². The molecule has 1 aliphatic rings. The van der Waals surface area contributed by atoms with E-state index in [2.05, 4.69) is 5.32 Å². The van der Waals surface area contributed by atoms with Gasteiger partial charge in [0.25, 0.3) is 0 Å². The number of hydrogen-bond donors (Lipinski definition) is 1. The van der Waals surface area contributed by atoms with Gasteiger partial charge in [-0.1, -0.05) is 36.2 Å². The van der Waals surface area contributed by atoms with Crippen molar-refractivity contribution in [1.82, 2.24) is 5.32 Å². The average molecular weight is 302 g/mol. The van der Waals surface area contributed by atoms with E-state index >= 15 is 0 Å². The highest BCUT2D eigenvalue weighted by Gasteiger charge is 2.32. The molecule has 5 heteroatoms. The minimum Gasteiger partial charge on any atom is -0.379 e. The molecule has 1 heterocycles. The standard InChI is InChI=1S/C14H17Cl2NO2/c1-2-17-13-8-19-7-10(13)14(18)6-9-3-4-11(15)12(16)5-9/h3-5,10,13,17H,2,6-8H2,1H3. The zero-order valence-corrected chi connectivity index (χ0v) is 12.3. The normalized spacial score (nSPS) is 22.7. The monoisotopic (exact) mass is 301 g/mol. The lowest BCUT2D eigenvalue weighted by Crippen LogP contribution is -2.39. The van der Waals surface area contributed by atoms with Crippen LogP contribution in [0.4, 0.5) is 0 Å². The van der Waals surface area contributed by atoms with Crippen molar-refractivity contribution in [3.05, 3.63) is 33.8 Å². The maximum Gasteiger partial charge on any atom is 0.144 e. The number of ketones is 1. The first-order valence-electron chi connectivity index (χ1n) is 6.39. The van der Waals surface area contributed by atoms with E-state index < -0.39 is 0 Å². The minimum atomic E-state index is -0.0746. The summed E-state index contributed by atoms with van der Waals surface area (Å²) in [5, 5.41) is 4.28. The summed E-state index contributed by atoms with van der Waals surface area (Å²) in [4.78, 5) is 12.3. The van der Waals surface area contributed by atoms with Crippen LogP contribution in [0.15, 0.2) is 18.2 Å². The second kappa shape index (κ2) is 6.71. The van der Waals surface area contributed by atoms with E-state index in [1.165, 1.54) is 0 Å². The number of ether oxygens (including phenoxy) is 1. The Morgan fingerprint density at radius 1 is 1.37 bits per heavy atom. The van der Waals surface area contributed by atoms with Gasteiger partial charge in [0.1, 0.15) is 5.78 Å². The third kappa shape index (κ3) is 3.69. The van der Waals surface area contributed by atoms with E-state index in [-0.39, 0.29) is 17.7 Å². The molecule has 0 amide bonds.